The van der Waals surface area contributed by atoms with Gasteiger partial charge < -0.3 is 14.8 Å². The number of methoxy groups -OCH3 is 1. The Labute approximate surface area is 121 Å². The molecule has 20 heavy (non-hydrogen) atoms. The maximum absolute atomic E-state index is 11.5. The van der Waals surface area contributed by atoms with Gasteiger partial charge in [-0.25, -0.2) is 4.98 Å². The van der Waals surface area contributed by atoms with Gasteiger partial charge in [0.1, 0.15) is 5.75 Å². The first-order chi connectivity index (χ1) is 9.51. The number of benzene rings is 1. The summed E-state index contributed by atoms with van der Waals surface area (Å²) in [5.74, 6) is 0.611. The number of hydrogen-bond acceptors (Lipinski definition) is 5. The summed E-state index contributed by atoms with van der Waals surface area (Å²) in [5.41, 5.74) is 1.14. The first-order valence-electron chi connectivity index (χ1n) is 6.12. The van der Waals surface area contributed by atoms with E-state index >= 15 is 0 Å². The van der Waals surface area contributed by atoms with Gasteiger partial charge in [-0.3, -0.25) is 4.79 Å². The van der Waals surface area contributed by atoms with Gasteiger partial charge in [-0.1, -0.05) is 17.8 Å². The molecule has 1 atom stereocenters. The summed E-state index contributed by atoms with van der Waals surface area (Å²) in [7, 11) is 1.56. The average Bonchev–Trinajstić information content (AvgIpc) is 2.36. The topological polar surface area (TPSA) is 75.2 Å². The highest BCUT2D eigenvalue weighted by atomic mass is 32.2. The predicted octanol–water partition coefficient (Wildman–Crippen LogP) is 2.29. The molecule has 0 bridgehead atoms. The molecule has 1 unspecified atom stereocenters. The van der Waals surface area contributed by atoms with Gasteiger partial charge >= 0.3 is 0 Å². The van der Waals surface area contributed by atoms with Crippen LogP contribution in [0.1, 0.15) is 24.3 Å². The van der Waals surface area contributed by atoms with Crippen LogP contribution in [0.25, 0.3) is 0 Å². The van der Waals surface area contributed by atoms with E-state index in [1.807, 2.05) is 12.1 Å². The number of nitrogens with one attached hydrogen (secondary N) is 1. The third-order valence-electron chi connectivity index (χ3n) is 2.72. The number of H-pyrrole nitrogens is 1. The van der Waals surface area contributed by atoms with Gasteiger partial charge in [-0.05, 0) is 26.0 Å². The van der Waals surface area contributed by atoms with Gasteiger partial charge in [0, 0.05) is 22.2 Å². The SMILES string of the molecule is COc1cccc(Sc2nc(C)cc(=O)[nH]2)c1C(C)O. The van der Waals surface area contributed by atoms with Gasteiger partial charge in [0.15, 0.2) is 5.16 Å². The molecular weight excluding hydrogens is 276 g/mol. The normalized spacial score (nSPS) is 12.2. The second-order valence-corrected chi connectivity index (χ2v) is 5.37. The largest absolute Gasteiger partial charge is 0.496 e. The average molecular weight is 292 g/mol. The van der Waals surface area contributed by atoms with Crippen molar-refractivity contribution in [2.24, 2.45) is 0 Å². The summed E-state index contributed by atoms with van der Waals surface area (Å²) in [6.07, 6.45) is -0.676. The highest BCUT2D eigenvalue weighted by Crippen LogP contribution is 2.36. The first-order valence-corrected chi connectivity index (χ1v) is 6.93. The molecule has 2 rings (SSSR count). The van der Waals surface area contributed by atoms with E-state index in [4.69, 9.17) is 4.74 Å². The van der Waals surface area contributed by atoms with Gasteiger partial charge in [0.2, 0.25) is 0 Å². The zero-order chi connectivity index (χ0) is 14.7. The lowest BCUT2D eigenvalue weighted by Gasteiger charge is -2.15. The predicted molar refractivity (Wildman–Crippen MR) is 77.3 cm³/mol. The maximum Gasteiger partial charge on any atom is 0.251 e. The van der Waals surface area contributed by atoms with E-state index in [2.05, 4.69) is 9.97 Å². The number of rotatable bonds is 4. The summed E-state index contributed by atoms with van der Waals surface area (Å²) in [4.78, 5) is 19.2. The highest BCUT2D eigenvalue weighted by Gasteiger charge is 2.15. The van der Waals surface area contributed by atoms with Gasteiger partial charge in [0.25, 0.3) is 5.56 Å². The number of aryl methyl sites for hydroxylation is 1. The minimum Gasteiger partial charge on any atom is -0.496 e. The second-order valence-electron chi connectivity index (χ2n) is 4.34. The Kier molecular flexibility index (Phi) is 4.46. The molecule has 2 N–H and O–H groups in total. The van der Waals surface area contributed by atoms with Crippen LogP contribution < -0.4 is 10.3 Å². The van der Waals surface area contributed by atoms with Crippen LogP contribution in [0.4, 0.5) is 0 Å². The molecule has 0 spiro atoms. The van der Waals surface area contributed by atoms with E-state index in [1.54, 1.807) is 27.0 Å². The fourth-order valence-corrected chi connectivity index (χ4v) is 2.98. The fraction of sp³-hybridized carbons (Fsp3) is 0.286. The minimum atomic E-state index is -0.676. The highest BCUT2D eigenvalue weighted by molar-refractivity contribution is 7.99. The Bertz CT molecular complexity index is 668. The van der Waals surface area contributed by atoms with Crippen molar-refractivity contribution in [2.75, 3.05) is 7.11 Å². The molecule has 0 saturated heterocycles. The Morgan fingerprint density at radius 1 is 1.45 bits per heavy atom. The molecule has 6 heteroatoms. The molecule has 1 heterocycles. The number of ether oxygens (including phenoxy) is 1. The molecule has 0 aliphatic carbocycles. The molecule has 2 aromatic rings. The Hall–Kier alpha value is -1.79. The van der Waals surface area contributed by atoms with Crippen molar-refractivity contribution < 1.29 is 9.84 Å². The molecule has 0 amide bonds. The van der Waals surface area contributed by atoms with Crippen LogP contribution in [0.15, 0.2) is 39.1 Å². The number of nitrogens with zero attached hydrogens (tertiary/aromatic N) is 1. The zero-order valence-electron chi connectivity index (χ0n) is 11.5. The third kappa shape index (κ3) is 3.20. The molecule has 0 aliphatic rings. The summed E-state index contributed by atoms with van der Waals surface area (Å²) < 4.78 is 5.27. The molecular formula is C14H16N2O3S. The van der Waals surface area contributed by atoms with Crippen molar-refractivity contribution >= 4 is 11.8 Å². The molecule has 5 nitrogen and oxygen atoms in total. The number of aromatic nitrogens is 2. The lowest BCUT2D eigenvalue weighted by molar-refractivity contribution is 0.191. The second kappa shape index (κ2) is 6.11. The van der Waals surface area contributed by atoms with Gasteiger partial charge in [-0.2, -0.15) is 0 Å². The number of hydrogen-bond donors (Lipinski definition) is 2. The number of aliphatic hydroxyl groups is 1. The smallest absolute Gasteiger partial charge is 0.251 e. The Morgan fingerprint density at radius 3 is 2.80 bits per heavy atom. The number of aromatic amines is 1. The monoisotopic (exact) mass is 292 g/mol. The lowest BCUT2D eigenvalue weighted by atomic mass is 10.1. The van der Waals surface area contributed by atoms with Gasteiger partial charge in [-0.15, -0.1) is 0 Å². The van der Waals surface area contributed by atoms with Crippen molar-refractivity contribution in [1.29, 1.82) is 0 Å². The van der Waals surface area contributed by atoms with Crippen molar-refractivity contribution in [3.8, 4) is 5.75 Å². The molecule has 1 aromatic heterocycles. The molecule has 0 radical (unpaired) electrons. The Morgan fingerprint density at radius 2 is 2.20 bits per heavy atom. The van der Waals surface area contributed by atoms with E-state index in [-0.39, 0.29) is 5.56 Å². The van der Waals surface area contributed by atoms with E-state index in [1.165, 1.54) is 17.8 Å². The zero-order valence-corrected chi connectivity index (χ0v) is 12.3. The summed E-state index contributed by atoms with van der Waals surface area (Å²) in [5, 5.41) is 10.4. The van der Waals surface area contributed by atoms with Crippen molar-refractivity contribution in [3.63, 3.8) is 0 Å². The van der Waals surface area contributed by atoms with Crippen molar-refractivity contribution in [1.82, 2.24) is 9.97 Å². The lowest BCUT2D eigenvalue weighted by Crippen LogP contribution is -2.08. The molecule has 1 aromatic carbocycles. The summed E-state index contributed by atoms with van der Waals surface area (Å²) >= 11 is 1.29. The van der Waals surface area contributed by atoms with Crippen LogP contribution >= 0.6 is 11.8 Å². The molecule has 0 aliphatic heterocycles. The van der Waals surface area contributed by atoms with Crippen LogP contribution in [-0.2, 0) is 0 Å². The molecule has 0 saturated carbocycles. The van der Waals surface area contributed by atoms with Gasteiger partial charge in [0.05, 0.1) is 13.2 Å². The summed E-state index contributed by atoms with van der Waals surface area (Å²) in [6.45, 7) is 3.44. The first kappa shape index (κ1) is 14.6. The van der Waals surface area contributed by atoms with Crippen LogP contribution in [0.2, 0.25) is 0 Å². The van der Waals surface area contributed by atoms with E-state index in [9.17, 15) is 9.90 Å². The standard InChI is InChI=1S/C14H16N2O3S/c1-8-7-12(18)16-14(15-8)20-11-6-4-5-10(19-3)13(11)9(2)17/h4-7,9,17H,1-3H3,(H,15,16,18). The van der Waals surface area contributed by atoms with Crippen LogP contribution in [-0.4, -0.2) is 22.2 Å². The van der Waals surface area contributed by atoms with Crippen LogP contribution in [0, 0.1) is 6.92 Å². The van der Waals surface area contributed by atoms with Crippen LogP contribution in [0.5, 0.6) is 5.75 Å². The van der Waals surface area contributed by atoms with Crippen molar-refractivity contribution in [3.05, 3.63) is 45.9 Å². The molecule has 106 valence electrons. The Balaban J connectivity index is 2.45. The van der Waals surface area contributed by atoms with Crippen LogP contribution in [0.3, 0.4) is 0 Å². The van der Waals surface area contributed by atoms with E-state index in [0.29, 0.717) is 22.2 Å². The van der Waals surface area contributed by atoms with Crippen molar-refractivity contribution in [2.45, 2.75) is 30.0 Å². The quantitative estimate of drug-likeness (QED) is 0.846. The third-order valence-corrected chi connectivity index (χ3v) is 3.68. The minimum absolute atomic E-state index is 0.193. The molecule has 0 fully saturated rings. The van der Waals surface area contributed by atoms with E-state index < -0.39 is 6.10 Å². The fourth-order valence-electron chi connectivity index (χ4n) is 1.91. The number of aliphatic hydroxyl groups excluding tert-OH is 1. The maximum atomic E-state index is 11.5. The summed E-state index contributed by atoms with van der Waals surface area (Å²) in [6, 6.07) is 6.92. The van der Waals surface area contributed by atoms with E-state index in [0.717, 1.165) is 4.90 Å².